The van der Waals surface area contributed by atoms with Gasteiger partial charge in [0.2, 0.25) is 0 Å². The van der Waals surface area contributed by atoms with Gasteiger partial charge in [-0.25, -0.2) is 10.2 Å². The average molecular weight is 393 g/mol. The van der Waals surface area contributed by atoms with Crippen molar-refractivity contribution in [1.82, 2.24) is 26.8 Å². The highest BCUT2D eigenvalue weighted by molar-refractivity contribution is 5.74. The second kappa shape index (κ2) is 8.13. The molecule has 1 saturated carbocycles. The maximum Gasteiger partial charge on any atom is 0.417 e. The van der Waals surface area contributed by atoms with Gasteiger partial charge in [-0.1, -0.05) is 33.6 Å². The van der Waals surface area contributed by atoms with Crippen LogP contribution < -0.4 is 26.8 Å². The molecule has 4 unspecified atom stereocenters. The normalized spacial score (nSPS) is 29.8. The van der Waals surface area contributed by atoms with Crippen LogP contribution in [-0.4, -0.2) is 36.1 Å². The number of rotatable bonds is 4. The Morgan fingerprint density at radius 3 is 2.26 bits per heavy atom. The van der Waals surface area contributed by atoms with Crippen molar-refractivity contribution < 1.29 is 18.0 Å². The van der Waals surface area contributed by atoms with E-state index < -0.39 is 30.1 Å². The van der Waals surface area contributed by atoms with Crippen LogP contribution in [0, 0.1) is 11.3 Å². The number of amides is 2. The van der Waals surface area contributed by atoms with E-state index in [1.165, 1.54) is 0 Å². The summed E-state index contributed by atoms with van der Waals surface area (Å²) < 4.78 is 39.6. The summed E-state index contributed by atoms with van der Waals surface area (Å²) >= 11 is 0. The molecule has 0 aromatic rings. The fraction of sp³-hybridized carbons (Fsp3) is 0.944. The van der Waals surface area contributed by atoms with Gasteiger partial charge in [0, 0.05) is 17.5 Å². The van der Waals surface area contributed by atoms with Gasteiger partial charge in [-0.3, -0.25) is 16.1 Å². The van der Waals surface area contributed by atoms with Gasteiger partial charge in [-0.15, -0.1) is 0 Å². The first-order valence-electron chi connectivity index (χ1n) is 9.69. The Labute approximate surface area is 159 Å². The summed E-state index contributed by atoms with van der Waals surface area (Å²) in [6, 6.07) is -0.660. The molecule has 0 radical (unpaired) electrons. The van der Waals surface area contributed by atoms with Crippen LogP contribution in [0.5, 0.6) is 0 Å². The lowest BCUT2D eigenvalue weighted by molar-refractivity contribution is -0.179. The minimum atomic E-state index is -4.39. The molecule has 2 amide bonds. The van der Waals surface area contributed by atoms with Crippen LogP contribution in [0.4, 0.5) is 18.0 Å². The molecule has 1 aliphatic heterocycles. The molecule has 0 bridgehead atoms. The Kier molecular flexibility index (Phi) is 6.69. The van der Waals surface area contributed by atoms with Crippen molar-refractivity contribution in [3.63, 3.8) is 0 Å². The van der Waals surface area contributed by atoms with E-state index in [4.69, 9.17) is 0 Å². The zero-order chi connectivity index (χ0) is 20.5. The Bertz CT molecular complexity index is 518. The van der Waals surface area contributed by atoms with Gasteiger partial charge in [-0.05, 0) is 38.5 Å². The van der Waals surface area contributed by atoms with E-state index in [1.54, 1.807) is 0 Å². The van der Waals surface area contributed by atoms with Crippen LogP contribution in [0.25, 0.3) is 0 Å². The summed E-state index contributed by atoms with van der Waals surface area (Å²) in [5, 5.41) is 8.12. The molecule has 0 aromatic carbocycles. The number of nitrogens with one attached hydrogen (secondary N) is 5. The van der Waals surface area contributed by atoms with Crippen LogP contribution in [-0.2, 0) is 0 Å². The van der Waals surface area contributed by atoms with Gasteiger partial charge in [0.25, 0.3) is 0 Å². The Morgan fingerprint density at radius 1 is 1.04 bits per heavy atom. The standard InChI is InChI=1S/C18H34F3N5O/c1-16(2,3)10-17(4,5)24-15(27)26-25-13-11-8-6-7-9-12(11)22-14(23-13)18(19,20)21/h11-14,22-23,25H,6-10H2,1-5H3,(H2,24,26,27). The Hall–Kier alpha value is -1.06. The minimum Gasteiger partial charge on any atom is -0.332 e. The molecule has 9 heteroatoms. The smallest absolute Gasteiger partial charge is 0.332 e. The molecule has 2 aliphatic rings. The first-order valence-corrected chi connectivity index (χ1v) is 9.69. The van der Waals surface area contributed by atoms with E-state index in [2.05, 4.69) is 47.6 Å². The van der Waals surface area contributed by atoms with Gasteiger partial charge >= 0.3 is 12.2 Å². The third-order valence-electron chi connectivity index (χ3n) is 5.07. The van der Waals surface area contributed by atoms with Crippen LogP contribution in [0.2, 0.25) is 0 Å². The molecule has 1 heterocycles. The molecule has 27 heavy (non-hydrogen) atoms. The zero-order valence-corrected chi connectivity index (χ0v) is 16.9. The molecular weight excluding hydrogens is 359 g/mol. The van der Waals surface area contributed by atoms with Crippen LogP contribution in [0.1, 0.15) is 66.7 Å². The first kappa shape index (κ1) is 22.2. The zero-order valence-electron chi connectivity index (χ0n) is 16.9. The fourth-order valence-corrected chi connectivity index (χ4v) is 4.52. The number of hydrazine groups is 1. The molecule has 6 nitrogen and oxygen atoms in total. The van der Waals surface area contributed by atoms with Gasteiger partial charge in [0.05, 0.1) is 6.17 Å². The highest BCUT2D eigenvalue weighted by atomic mass is 19.4. The maximum absolute atomic E-state index is 13.2. The quantitative estimate of drug-likeness (QED) is 0.476. The van der Waals surface area contributed by atoms with Crippen molar-refractivity contribution in [1.29, 1.82) is 0 Å². The predicted octanol–water partition coefficient (Wildman–Crippen LogP) is 2.97. The molecule has 0 aromatic heterocycles. The number of hydrogen-bond donors (Lipinski definition) is 5. The predicted molar refractivity (Wildman–Crippen MR) is 98.6 cm³/mol. The fourth-order valence-electron chi connectivity index (χ4n) is 4.52. The summed E-state index contributed by atoms with van der Waals surface area (Å²) in [5.74, 6) is -0.0137. The SMILES string of the molecule is CC(C)(C)CC(C)(C)NC(=O)NNC1NC(C(F)(F)F)NC2CCCCC21. The number of fused-ring (bicyclic) bond motifs is 1. The summed E-state index contributed by atoms with van der Waals surface area (Å²) in [7, 11) is 0. The van der Waals surface area contributed by atoms with Crippen LogP contribution in [0.15, 0.2) is 0 Å². The summed E-state index contributed by atoms with van der Waals surface area (Å²) in [5.41, 5.74) is 4.94. The molecule has 4 atom stereocenters. The van der Waals surface area contributed by atoms with Crippen molar-refractivity contribution in [2.24, 2.45) is 11.3 Å². The Morgan fingerprint density at radius 2 is 1.67 bits per heavy atom. The highest BCUT2D eigenvalue weighted by Gasteiger charge is 2.48. The number of urea groups is 1. The lowest BCUT2D eigenvalue weighted by atomic mass is 9.80. The third kappa shape index (κ3) is 6.80. The largest absolute Gasteiger partial charge is 0.417 e. The van der Waals surface area contributed by atoms with Crippen LogP contribution in [0.3, 0.4) is 0 Å². The summed E-state index contributed by atoms with van der Waals surface area (Å²) in [4.78, 5) is 12.3. The molecule has 2 fully saturated rings. The van der Waals surface area contributed by atoms with Gasteiger partial charge < -0.3 is 5.32 Å². The van der Waals surface area contributed by atoms with E-state index in [9.17, 15) is 18.0 Å². The second-order valence-electron chi connectivity index (χ2n) is 9.69. The van der Waals surface area contributed by atoms with Crippen molar-refractivity contribution in [2.75, 3.05) is 0 Å². The monoisotopic (exact) mass is 393 g/mol. The van der Waals surface area contributed by atoms with Crippen molar-refractivity contribution in [2.45, 2.75) is 96.8 Å². The molecule has 0 spiro atoms. The molecule has 1 saturated heterocycles. The molecule has 2 rings (SSSR count). The van der Waals surface area contributed by atoms with E-state index >= 15 is 0 Å². The molecular formula is C18H34F3N5O. The third-order valence-corrected chi connectivity index (χ3v) is 5.07. The van der Waals surface area contributed by atoms with Gasteiger partial charge in [-0.2, -0.15) is 13.2 Å². The lowest BCUT2D eigenvalue weighted by Crippen LogP contribution is -2.73. The first-order chi connectivity index (χ1) is 12.3. The van der Waals surface area contributed by atoms with Crippen molar-refractivity contribution in [3.8, 4) is 0 Å². The van der Waals surface area contributed by atoms with Gasteiger partial charge in [0.1, 0.15) is 0 Å². The molecule has 5 N–H and O–H groups in total. The lowest BCUT2D eigenvalue weighted by Gasteiger charge is -2.46. The molecule has 158 valence electrons. The van der Waals surface area contributed by atoms with E-state index in [0.717, 1.165) is 25.7 Å². The van der Waals surface area contributed by atoms with Gasteiger partial charge in [0.15, 0.2) is 6.17 Å². The number of carbonyl (C=O) groups is 1. The number of carbonyl (C=O) groups excluding carboxylic acids is 1. The number of alkyl halides is 3. The average Bonchev–Trinajstić information content (AvgIpc) is 2.48. The van der Waals surface area contributed by atoms with Crippen molar-refractivity contribution >= 4 is 6.03 Å². The highest BCUT2D eigenvalue weighted by Crippen LogP contribution is 2.32. The topological polar surface area (TPSA) is 77.2 Å². The summed E-state index contributed by atoms with van der Waals surface area (Å²) in [6.45, 7) is 10.1. The second-order valence-corrected chi connectivity index (χ2v) is 9.69. The van der Waals surface area contributed by atoms with E-state index in [-0.39, 0.29) is 17.4 Å². The minimum absolute atomic E-state index is 0.0137. The number of halogens is 3. The summed E-state index contributed by atoms with van der Waals surface area (Å²) in [6.07, 6.45) is -2.63. The van der Waals surface area contributed by atoms with Crippen molar-refractivity contribution in [3.05, 3.63) is 0 Å². The van der Waals surface area contributed by atoms with E-state index in [0.29, 0.717) is 6.42 Å². The van der Waals surface area contributed by atoms with Crippen LogP contribution >= 0.6 is 0 Å². The Balaban J connectivity index is 1.94. The van der Waals surface area contributed by atoms with E-state index in [1.807, 2.05) is 13.8 Å². The molecule has 1 aliphatic carbocycles. The maximum atomic E-state index is 13.2. The number of hydrogen-bond acceptors (Lipinski definition) is 4.